The summed E-state index contributed by atoms with van der Waals surface area (Å²) in [6.45, 7) is 11.8. The fourth-order valence-electron chi connectivity index (χ4n) is 3.98. The quantitative estimate of drug-likeness (QED) is 0.653. The predicted molar refractivity (Wildman–Crippen MR) is 129 cm³/mol. The van der Waals surface area contributed by atoms with E-state index in [0.717, 1.165) is 11.1 Å². The van der Waals surface area contributed by atoms with Crippen LogP contribution in [0.1, 0.15) is 74.8 Å². The van der Waals surface area contributed by atoms with Crippen LogP contribution in [0.3, 0.4) is 0 Å². The molecule has 0 saturated heterocycles. The number of amides is 2. The molecule has 1 N–H and O–H groups in total. The summed E-state index contributed by atoms with van der Waals surface area (Å²) in [6, 6.07) is 8.45. The van der Waals surface area contributed by atoms with Crippen molar-refractivity contribution < 1.29 is 22.7 Å². The summed E-state index contributed by atoms with van der Waals surface area (Å²) in [6.07, 6.45) is 0.945. The molecule has 1 aliphatic heterocycles. The van der Waals surface area contributed by atoms with E-state index in [4.69, 9.17) is 4.74 Å². The van der Waals surface area contributed by atoms with Crippen LogP contribution in [0.25, 0.3) is 0 Å². The summed E-state index contributed by atoms with van der Waals surface area (Å²) >= 11 is 0. The summed E-state index contributed by atoms with van der Waals surface area (Å²) in [5.74, 6) is -0.0859. The third kappa shape index (κ3) is 5.75. The van der Waals surface area contributed by atoms with E-state index in [2.05, 4.69) is 24.1 Å². The third-order valence-corrected chi connectivity index (χ3v) is 7.35. The molecule has 1 atom stereocenters. The number of carbonyl (C=O) groups excluding carboxylic acids is 2. The Morgan fingerprint density at radius 2 is 1.91 bits per heavy atom. The van der Waals surface area contributed by atoms with Crippen LogP contribution in [0.15, 0.2) is 41.4 Å². The summed E-state index contributed by atoms with van der Waals surface area (Å²) in [5, 5.41) is 2.82. The van der Waals surface area contributed by atoms with E-state index < -0.39 is 15.4 Å². The SMILES string of the molecule is CCS(=O)(=O)c1ccc(CNC(=O)c2ccc3c(c2)CN(C(=O)OC(C)(C)C)[C@H]3C(C)C)nc1. The Bertz CT molecular complexity index is 1170. The normalized spacial score (nSPS) is 15.9. The van der Waals surface area contributed by atoms with Gasteiger partial charge in [-0.1, -0.05) is 26.8 Å². The van der Waals surface area contributed by atoms with Gasteiger partial charge in [0.25, 0.3) is 5.91 Å². The van der Waals surface area contributed by atoms with E-state index in [1.807, 2.05) is 32.9 Å². The van der Waals surface area contributed by atoms with Crippen molar-refractivity contribution >= 4 is 21.8 Å². The highest BCUT2D eigenvalue weighted by Gasteiger charge is 2.38. The zero-order valence-corrected chi connectivity index (χ0v) is 21.4. The van der Waals surface area contributed by atoms with Crippen LogP contribution < -0.4 is 5.32 Å². The lowest BCUT2D eigenvalue weighted by Crippen LogP contribution is -2.37. The van der Waals surface area contributed by atoms with Gasteiger partial charge in [-0.2, -0.15) is 0 Å². The number of pyridine rings is 1. The molecular formula is C25H33N3O5S. The van der Waals surface area contributed by atoms with Crippen LogP contribution in [0.2, 0.25) is 0 Å². The number of fused-ring (bicyclic) bond motifs is 1. The number of hydrogen-bond donors (Lipinski definition) is 1. The van der Waals surface area contributed by atoms with Crippen molar-refractivity contribution in [2.24, 2.45) is 5.92 Å². The summed E-state index contributed by atoms with van der Waals surface area (Å²) in [7, 11) is -3.31. The molecule has 3 rings (SSSR count). The van der Waals surface area contributed by atoms with Crippen molar-refractivity contribution in [3.63, 3.8) is 0 Å². The Morgan fingerprint density at radius 3 is 2.47 bits per heavy atom. The summed E-state index contributed by atoms with van der Waals surface area (Å²) < 4.78 is 29.4. The van der Waals surface area contributed by atoms with Crippen molar-refractivity contribution in [2.75, 3.05) is 5.75 Å². The molecule has 1 aromatic carbocycles. The van der Waals surface area contributed by atoms with Crippen molar-refractivity contribution in [3.05, 3.63) is 58.9 Å². The number of rotatable bonds is 6. The number of nitrogens with zero attached hydrogens (tertiary/aromatic N) is 2. The lowest BCUT2D eigenvalue weighted by molar-refractivity contribution is 0.0127. The number of carbonyl (C=O) groups is 2. The number of ether oxygens (including phenoxy) is 1. The van der Waals surface area contributed by atoms with Gasteiger partial charge in [-0.05, 0) is 62.1 Å². The predicted octanol–water partition coefficient (Wildman–Crippen LogP) is 4.25. The molecule has 0 saturated carbocycles. The van der Waals surface area contributed by atoms with E-state index in [1.165, 1.54) is 12.3 Å². The molecule has 2 heterocycles. The molecule has 0 fully saturated rings. The van der Waals surface area contributed by atoms with Crippen LogP contribution in [0.4, 0.5) is 4.79 Å². The number of hydrogen-bond acceptors (Lipinski definition) is 6. The van der Waals surface area contributed by atoms with Crippen molar-refractivity contribution in [1.29, 1.82) is 0 Å². The van der Waals surface area contributed by atoms with Gasteiger partial charge < -0.3 is 10.1 Å². The molecule has 0 bridgehead atoms. The minimum atomic E-state index is -3.31. The fourth-order valence-corrected chi connectivity index (χ4v) is 4.80. The first-order chi connectivity index (χ1) is 15.8. The van der Waals surface area contributed by atoms with E-state index in [1.54, 1.807) is 24.0 Å². The van der Waals surface area contributed by atoms with Gasteiger partial charge in [-0.25, -0.2) is 13.2 Å². The van der Waals surface area contributed by atoms with Gasteiger partial charge in [-0.15, -0.1) is 0 Å². The van der Waals surface area contributed by atoms with Crippen molar-refractivity contribution in [2.45, 2.75) is 71.2 Å². The Kier molecular flexibility index (Phi) is 7.35. The van der Waals surface area contributed by atoms with Gasteiger partial charge in [0, 0.05) is 11.8 Å². The molecule has 0 aliphatic carbocycles. The van der Waals surface area contributed by atoms with Crippen LogP contribution in [0.5, 0.6) is 0 Å². The van der Waals surface area contributed by atoms with Crippen molar-refractivity contribution in [3.8, 4) is 0 Å². The minimum Gasteiger partial charge on any atom is -0.444 e. The van der Waals surface area contributed by atoms with Gasteiger partial charge in [0.2, 0.25) is 0 Å². The van der Waals surface area contributed by atoms with Gasteiger partial charge in [0.05, 0.1) is 35.5 Å². The molecule has 2 aromatic rings. The first-order valence-electron chi connectivity index (χ1n) is 11.4. The first-order valence-corrected chi connectivity index (χ1v) is 13.1. The van der Waals surface area contributed by atoms with Crippen LogP contribution >= 0.6 is 0 Å². The largest absolute Gasteiger partial charge is 0.444 e. The maximum absolute atomic E-state index is 12.8. The van der Waals surface area contributed by atoms with Crippen LogP contribution in [0, 0.1) is 5.92 Å². The van der Waals surface area contributed by atoms with Gasteiger partial charge in [0.1, 0.15) is 5.60 Å². The second-order valence-corrected chi connectivity index (χ2v) is 12.1. The number of nitrogens with one attached hydrogen (secondary N) is 1. The highest BCUT2D eigenvalue weighted by molar-refractivity contribution is 7.91. The standard InChI is InChI=1S/C25H33N3O5S/c1-7-34(31,32)20-10-9-19(26-14-20)13-27-23(29)17-8-11-21-18(12-17)15-28(22(21)16(2)3)24(30)33-25(4,5)6/h8-12,14,16,22H,7,13,15H2,1-6H3,(H,27,29)/t22-/m0/s1. The zero-order valence-electron chi connectivity index (χ0n) is 20.6. The smallest absolute Gasteiger partial charge is 0.411 e. The Labute approximate surface area is 201 Å². The van der Waals surface area contributed by atoms with Gasteiger partial charge >= 0.3 is 6.09 Å². The molecule has 2 amide bonds. The highest BCUT2D eigenvalue weighted by Crippen LogP contribution is 2.39. The highest BCUT2D eigenvalue weighted by atomic mass is 32.2. The van der Waals surface area contributed by atoms with Gasteiger partial charge in [0.15, 0.2) is 9.84 Å². The molecule has 1 aromatic heterocycles. The molecule has 0 radical (unpaired) electrons. The first kappa shape index (κ1) is 25.7. The topological polar surface area (TPSA) is 106 Å². The molecular weight excluding hydrogens is 454 g/mol. The van der Waals surface area contributed by atoms with Crippen molar-refractivity contribution in [1.82, 2.24) is 15.2 Å². The molecule has 1 aliphatic rings. The van der Waals surface area contributed by atoms with Crippen LogP contribution in [-0.4, -0.2) is 41.7 Å². The van der Waals surface area contributed by atoms with Crippen LogP contribution in [-0.2, 0) is 27.7 Å². The Balaban J connectivity index is 1.72. The summed E-state index contributed by atoms with van der Waals surface area (Å²) in [4.78, 5) is 31.6. The van der Waals surface area contributed by atoms with E-state index in [-0.39, 0.29) is 41.2 Å². The third-order valence-electron chi connectivity index (χ3n) is 5.63. The average Bonchev–Trinajstić information content (AvgIpc) is 3.16. The summed E-state index contributed by atoms with van der Waals surface area (Å²) in [5.41, 5.74) is 2.39. The van der Waals surface area contributed by atoms with E-state index >= 15 is 0 Å². The lowest BCUT2D eigenvalue weighted by atomic mass is 9.94. The number of sulfone groups is 1. The van der Waals surface area contributed by atoms with Gasteiger partial charge in [-0.3, -0.25) is 14.7 Å². The molecule has 0 unspecified atom stereocenters. The molecule has 34 heavy (non-hydrogen) atoms. The second kappa shape index (κ2) is 9.74. The maximum atomic E-state index is 12.8. The van der Waals surface area contributed by atoms with E-state index in [0.29, 0.717) is 17.8 Å². The lowest BCUT2D eigenvalue weighted by Gasteiger charge is -2.30. The monoisotopic (exact) mass is 487 g/mol. The number of benzene rings is 1. The number of aromatic nitrogens is 1. The average molecular weight is 488 g/mol. The Morgan fingerprint density at radius 1 is 1.21 bits per heavy atom. The second-order valence-electron chi connectivity index (χ2n) is 9.78. The maximum Gasteiger partial charge on any atom is 0.411 e. The fraction of sp³-hybridized carbons (Fsp3) is 0.480. The molecule has 9 heteroatoms. The minimum absolute atomic E-state index is 0.00607. The molecule has 0 spiro atoms. The molecule has 8 nitrogen and oxygen atoms in total. The molecule has 184 valence electrons. The Hall–Kier alpha value is -2.94. The van der Waals surface area contributed by atoms with E-state index in [9.17, 15) is 18.0 Å². The zero-order chi connectivity index (χ0) is 25.3.